The monoisotopic (exact) mass is 254 g/mol. The summed E-state index contributed by atoms with van der Waals surface area (Å²) in [7, 11) is 1.96. The van der Waals surface area contributed by atoms with E-state index in [1.165, 1.54) is 11.1 Å². The van der Waals surface area contributed by atoms with Gasteiger partial charge in [-0.3, -0.25) is 10.4 Å². The van der Waals surface area contributed by atoms with Crippen molar-refractivity contribution in [3.63, 3.8) is 0 Å². The van der Waals surface area contributed by atoms with Gasteiger partial charge in [-0.05, 0) is 31.5 Å². The highest BCUT2D eigenvalue weighted by Crippen LogP contribution is 2.29. The van der Waals surface area contributed by atoms with Gasteiger partial charge in [0.1, 0.15) is 5.84 Å². The number of benzene rings is 1. The Morgan fingerprint density at radius 3 is 2.58 bits per heavy atom. The van der Waals surface area contributed by atoms with Crippen LogP contribution in [0.2, 0.25) is 0 Å². The number of hydrogen-bond acceptors (Lipinski definition) is 3. The Morgan fingerprint density at radius 2 is 1.95 bits per heavy atom. The number of aryl methyl sites for hydroxylation is 2. The molecule has 1 heterocycles. The smallest absolute Gasteiger partial charge is 0.125 e. The number of hydrogen-bond donors (Lipinski definition) is 2. The molecular formula is C15H18N4. The van der Waals surface area contributed by atoms with Gasteiger partial charge in [0.25, 0.3) is 0 Å². The highest BCUT2D eigenvalue weighted by atomic mass is 15.1. The van der Waals surface area contributed by atoms with E-state index in [1.807, 2.05) is 11.9 Å². The van der Waals surface area contributed by atoms with E-state index in [1.54, 1.807) is 18.5 Å². The van der Waals surface area contributed by atoms with Crippen molar-refractivity contribution in [3.8, 4) is 0 Å². The Balaban J connectivity index is 2.50. The van der Waals surface area contributed by atoms with Crippen molar-refractivity contribution in [1.29, 1.82) is 5.41 Å². The zero-order valence-electron chi connectivity index (χ0n) is 11.4. The first-order valence-corrected chi connectivity index (χ1v) is 6.10. The highest BCUT2D eigenvalue weighted by molar-refractivity contribution is 6.01. The zero-order valence-corrected chi connectivity index (χ0v) is 11.4. The molecule has 0 radical (unpaired) electrons. The van der Waals surface area contributed by atoms with Crippen LogP contribution in [0.5, 0.6) is 0 Å². The number of nitrogens with one attached hydrogen (secondary N) is 1. The molecule has 0 spiro atoms. The molecule has 0 aliphatic rings. The molecule has 3 N–H and O–H groups in total. The summed E-state index contributed by atoms with van der Waals surface area (Å²) >= 11 is 0. The Bertz CT molecular complexity index is 619. The fraction of sp³-hybridized carbons (Fsp3) is 0.200. The van der Waals surface area contributed by atoms with Crippen LogP contribution in [0.4, 0.5) is 11.4 Å². The average Bonchev–Trinajstić information content (AvgIpc) is 2.38. The van der Waals surface area contributed by atoms with E-state index in [9.17, 15) is 0 Å². The predicted octanol–water partition coefficient (Wildman–Crippen LogP) is 2.75. The van der Waals surface area contributed by atoms with Crippen LogP contribution in [0.3, 0.4) is 0 Å². The Kier molecular flexibility index (Phi) is 3.51. The van der Waals surface area contributed by atoms with Gasteiger partial charge < -0.3 is 10.6 Å². The fourth-order valence-electron chi connectivity index (χ4n) is 2.19. The van der Waals surface area contributed by atoms with Crippen molar-refractivity contribution in [2.24, 2.45) is 5.73 Å². The lowest BCUT2D eigenvalue weighted by Crippen LogP contribution is -2.19. The van der Waals surface area contributed by atoms with Gasteiger partial charge in [-0.15, -0.1) is 0 Å². The molecule has 1 aromatic heterocycles. The van der Waals surface area contributed by atoms with E-state index in [4.69, 9.17) is 11.1 Å². The van der Waals surface area contributed by atoms with Gasteiger partial charge in [0.15, 0.2) is 0 Å². The molecule has 1 aromatic carbocycles. The summed E-state index contributed by atoms with van der Waals surface area (Å²) in [6, 6.07) is 8.04. The Hall–Kier alpha value is -2.36. The number of nitrogen functional groups attached to an aromatic ring is 1. The molecule has 0 saturated heterocycles. The van der Waals surface area contributed by atoms with Crippen LogP contribution in [0.15, 0.2) is 36.7 Å². The minimum Gasteiger partial charge on any atom is -0.384 e. The van der Waals surface area contributed by atoms with Crippen LogP contribution >= 0.6 is 0 Å². The third-order valence-electron chi connectivity index (χ3n) is 3.17. The van der Waals surface area contributed by atoms with Gasteiger partial charge >= 0.3 is 0 Å². The van der Waals surface area contributed by atoms with Gasteiger partial charge in [-0.2, -0.15) is 0 Å². The van der Waals surface area contributed by atoms with Crippen molar-refractivity contribution in [2.45, 2.75) is 13.8 Å². The highest BCUT2D eigenvalue weighted by Gasteiger charge is 2.12. The standard InChI is InChI=1S/C15H18N4/c1-10-4-5-13(11(2)8-10)19(3)14-9-18-7-6-12(14)15(16)17/h4-9H,1-3H3,(H3,16,17). The fourth-order valence-corrected chi connectivity index (χ4v) is 2.19. The number of nitrogens with two attached hydrogens (primary N) is 1. The minimum atomic E-state index is 0.0500. The van der Waals surface area contributed by atoms with Crippen molar-refractivity contribution in [3.05, 3.63) is 53.3 Å². The zero-order chi connectivity index (χ0) is 14.0. The third-order valence-corrected chi connectivity index (χ3v) is 3.17. The summed E-state index contributed by atoms with van der Waals surface area (Å²) in [6.07, 6.45) is 3.38. The normalized spacial score (nSPS) is 10.3. The SMILES string of the molecule is Cc1ccc(N(C)c2cnccc2C(=N)N)c(C)c1. The van der Waals surface area contributed by atoms with Gasteiger partial charge in [-0.25, -0.2) is 0 Å². The third kappa shape index (κ3) is 2.57. The Labute approximate surface area is 113 Å². The molecule has 0 saturated carbocycles. The van der Waals surface area contributed by atoms with Gasteiger partial charge in [-0.1, -0.05) is 17.7 Å². The van der Waals surface area contributed by atoms with Crippen LogP contribution in [0, 0.1) is 19.3 Å². The molecule has 0 bridgehead atoms. The van der Waals surface area contributed by atoms with Gasteiger partial charge in [0.05, 0.1) is 11.9 Å². The largest absolute Gasteiger partial charge is 0.384 e. The van der Waals surface area contributed by atoms with Crippen LogP contribution in [-0.2, 0) is 0 Å². The summed E-state index contributed by atoms with van der Waals surface area (Å²) in [4.78, 5) is 6.14. The minimum absolute atomic E-state index is 0.0500. The van der Waals surface area contributed by atoms with E-state index >= 15 is 0 Å². The number of anilines is 2. The van der Waals surface area contributed by atoms with Gasteiger partial charge in [0.2, 0.25) is 0 Å². The molecule has 0 amide bonds. The second-order valence-electron chi connectivity index (χ2n) is 4.66. The first-order chi connectivity index (χ1) is 9.00. The lowest BCUT2D eigenvalue weighted by atomic mass is 10.1. The van der Waals surface area contributed by atoms with Crippen LogP contribution in [0.1, 0.15) is 16.7 Å². The number of nitrogens with zero attached hydrogens (tertiary/aromatic N) is 2. The molecule has 2 rings (SSSR count). The van der Waals surface area contributed by atoms with Crippen LogP contribution in [-0.4, -0.2) is 17.9 Å². The average molecular weight is 254 g/mol. The summed E-state index contributed by atoms with van der Waals surface area (Å²) in [6.45, 7) is 4.14. The number of amidine groups is 1. The summed E-state index contributed by atoms with van der Waals surface area (Å²) in [5.41, 5.74) is 10.6. The van der Waals surface area contributed by atoms with Crippen molar-refractivity contribution in [2.75, 3.05) is 11.9 Å². The molecule has 0 atom stereocenters. The van der Waals surface area contributed by atoms with E-state index in [0.717, 1.165) is 11.4 Å². The molecule has 0 fully saturated rings. The van der Waals surface area contributed by atoms with Crippen molar-refractivity contribution >= 4 is 17.2 Å². The number of aromatic nitrogens is 1. The molecule has 98 valence electrons. The second kappa shape index (κ2) is 5.10. The van der Waals surface area contributed by atoms with Crippen molar-refractivity contribution < 1.29 is 0 Å². The Morgan fingerprint density at radius 1 is 1.21 bits per heavy atom. The molecular weight excluding hydrogens is 236 g/mol. The van der Waals surface area contributed by atoms with Crippen LogP contribution < -0.4 is 10.6 Å². The van der Waals surface area contributed by atoms with Crippen LogP contribution in [0.25, 0.3) is 0 Å². The molecule has 4 nitrogen and oxygen atoms in total. The van der Waals surface area contributed by atoms with E-state index < -0.39 is 0 Å². The summed E-state index contributed by atoms with van der Waals surface area (Å²) in [5.74, 6) is 0.0500. The number of pyridine rings is 1. The molecule has 19 heavy (non-hydrogen) atoms. The predicted molar refractivity (Wildman–Crippen MR) is 79.2 cm³/mol. The van der Waals surface area contributed by atoms with E-state index in [0.29, 0.717) is 5.56 Å². The summed E-state index contributed by atoms with van der Waals surface area (Å²) in [5, 5.41) is 7.64. The molecule has 0 aliphatic heterocycles. The topological polar surface area (TPSA) is 66.0 Å². The maximum absolute atomic E-state index is 7.64. The summed E-state index contributed by atoms with van der Waals surface area (Å²) < 4.78 is 0. The molecule has 2 aromatic rings. The van der Waals surface area contributed by atoms with Gasteiger partial charge in [0, 0.05) is 24.5 Å². The molecule has 0 aliphatic carbocycles. The lowest BCUT2D eigenvalue weighted by Gasteiger charge is -2.23. The quantitative estimate of drug-likeness (QED) is 0.654. The maximum atomic E-state index is 7.64. The number of rotatable bonds is 3. The molecule has 4 heteroatoms. The molecule has 0 unspecified atom stereocenters. The first kappa shape index (κ1) is 13.1. The maximum Gasteiger partial charge on any atom is 0.125 e. The van der Waals surface area contributed by atoms with E-state index in [2.05, 4.69) is 37.0 Å². The van der Waals surface area contributed by atoms with Crippen molar-refractivity contribution in [1.82, 2.24) is 4.98 Å². The first-order valence-electron chi connectivity index (χ1n) is 6.10. The second-order valence-corrected chi connectivity index (χ2v) is 4.66. The van der Waals surface area contributed by atoms with E-state index in [-0.39, 0.29) is 5.84 Å². The lowest BCUT2D eigenvalue weighted by molar-refractivity contribution is 1.14.